The fraction of sp³-hybridized carbons (Fsp3) is 0.853. The molecular weight excluding hydrogens is 550 g/mol. The highest BCUT2D eigenvalue weighted by Crippen LogP contribution is 2.13. The molecule has 0 aliphatic heterocycles. The highest BCUT2D eigenvalue weighted by molar-refractivity contribution is 7.85. The molecule has 0 aromatic carbocycles. The predicted octanol–water partition coefficient (Wildman–Crippen LogP) is 8.21. The molecule has 3 unspecified atom stereocenters. The molecule has 0 bridgehead atoms. The zero-order chi connectivity index (χ0) is 31.3. The van der Waals surface area contributed by atoms with E-state index in [0.717, 1.165) is 32.1 Å². The summed E-state index contributed by atoms with van der Waals surface area (Å²) in [5.74, 6) is -1.56. The van der Waals surface area contributed by atoms with Gasteiger partial charge in [-0.25, -0.2) is 0 Å². The smallest absolute Gasteiger partial charge is 0.267 e. The maximum absolute atomic E-state index is 12.5. The second-order valence-electron chi connectivity index (χ2n) is 11.9. The van der Waals surface area contributed by atoms with Gasteiger partial charge in [-0.3, -0.25) is 9.35 Å². The maximum Gasteiger partial charge on any atom is 0.267 e. The van der Waals surface area contributed by atoms with Crippen molar-refractivity contribution in [3.63, 3.8) is 0 Å². The fourth-order valence-corrected chi connectivity index (χ4v) is 5.79. The van der Waals surface area contributed by atoms with Crippen molar-refractivity contribution in [3.05, 3.63) is 24.3 Å². The van der Waals surface area contributed by atoms with Crippen LogP contribution in [0.15, 0.2) is 24.3 Å². The van der Waals surface area contributed by atoms with Gasteiger partial charge < -0.3 is 15.5 Å². The van der Waals surface area contributed by atoms with Crippen LogP contribution in [0.3, 0.4) is 0 Å². The number of carbonyl (C=O) groups is 1. The van der Waals surface area contributed by atoms with Gasteiger partial charge in [-0.05, 0) is 32.1 Å². The molecule has 248 valence electrons. The largest absolute Gasteiger partial charge is 0.387 e. The molecule has 0 saturated carbocycles. The normalized spacial score (nSPS) is 14.5. The topological polar surface area (TPSA) is 124 Å². The van der Waals surface area contributed by atoms with E-state index in [9.17, 15) is 28.0 Å². The molecule has 0 fully saturated rings. The molecule has 0 aromatic heterocycles. The Morgan fingerprint density at radius 2 is 1.07 bits per heavy atom. The quantitative estimate of drug-likeness (QED) is 0.0367. The highest BCUT2D eigenvalue weighted by Gasteiger charge is 2.27. The van der Waals surface area contributed by atoms with E-state index in [1.54, 1.807) is 6.08 Å². The Kier molecular flexibility index (Phi) is 27.7. The zero-order valence-corrected chi connectivity index (χ0v) is 27.8. The Hall–Kier alpha value is -1.22. The summed E-state index contributed by atoms with van der Waals surface area (Å²) >= 11 is 0. The number of hydrogen-bond donors (Lipinski definition) is 4. The minimum atomic E-state index is -4.44. The molecule has 0 spiro atoms. The van der Waals surface area contributed by atoms with E-state index in [2.05, 4.69) is 31.3 Å². The predicted molar refractivity (Wildman–Crippen MR) is 176 cm³/mol. The lowest BCUT2D eigenvalue weighted by Crippen LogP contribution is -2.50. The van der Waals surface area contributed by atoms with Crippen LogP contribution >= 0.6 is 0 Å². The number of hydrogen-bond acceptors (Lipinski definition) is 5. The summed E-state index contributed by atoms with van der Waals surface area (Å²) in [6.45, 7) is 4.45. The van der Waals surface area contributed by atoms with Gasteiger partial charge in [0.2, 0.25) is 5.91 Å². The minimum absolute atomic E-state index is 0.276. The van der Waals surface area contributed by atoms with Gasteiger partial charge in [0.05, 0.1) is 17.9 Å². The third-order valence-corrected chi connectivity index (χ3v) is 8.52. The first-order chi connectivity index (χ1) is 20.2. The molecule has 0 heterocycles. The summed E-state index contributed by atoms with van der Waals surface area (Å²) in [7, 11) is -4.44. The highest BCUT2D eigenvalue weighted by atomic mass is 32.2. The summed E-state index contributed by atoms with van der Waals surface area (Å²) in [6, 6.07) is -1.24. The van der Waals surface area contributed by atoms with Crippen molar-refractivity contribution in [3.8, 4) is 0 Å². The first-order valence-electron chi connectivity index (χ1n) is 17.1. The van der Waals surface area contributed by atoms with Crippen LogP contribution in [0.1, 0.15) is 162 Å². The molecular formula is C34H65NO6S. The monoisotopic (exact) mass is 615 g/mol. The Morgan fingerprint density at radius 3 is 1.57 bits per heavy atom. The van der Waals surface area contributed by atoms with E-state index in [0.29, 0.717) is 12.8 Å². The Morgan fingerprint density at radius 1 is 0.643 bits per heavy atom. The van der Waals surface area contributed by atoms with Crippen molar-refractivity contribution in [1.82, 2.24) is 5.32 Å². The molecule has 1 amide bonds. The first-order valence-corrected chi connectivity index (χ1v) is 18.8. The number of rotatable bonds is 30. The number of nitrogens with one attached hydrogen (secondary N) is 1. The lowest BCUT2D eigenvalue weighted by Gasteiger charge is -2.22. The van der Waals surface area contributed by atoms with Gasteiger partial charge in [0.25, 0.3) is 10.1 Å². The average molecular weight is 616 g/mol. The molecule has 7 nitrogen and oxygen atoms in total. The van der Waals surface area contributed by atoms with Crippen molar-refractivity contribution >= 4 is 16.0 Å². The van der Waals surface area contributed by atoms with Crippen LogP contribution in [0.5, 0.6) is 0 Å². The lowest BCUT2D eigenvalue weighted by molar-refractivity contribution is -0.130. The fourth-order valence-electron chi connectivity index (χ4n) is 5.06. The average Bonchev–Trinajstić information content (AvgIpc) is 2.94. The van der Waals surface area contributed by atoms with E-state index in [4.69, 9.17) is 0 Å². The summed E-state index contributed by atoms with van der Waals surface area (Å²) in [5.41, 5.74) is 0. The first kappa shape index (κ1) is 40.8. The van der Waals surface area contributed by atoms with Gasteiger partial charge in [0, 0.05) is 0 Å². The molecule has 0 radical (unpaired) electrons. The second kappa shape index (κ2) is 28.5. The van der Waals surface area contributed by atoms with Gasteiger partial charge in [-0.1, -0.05) is 154 Å². The Labute approximate surface area is 258 Å². The van der Waals surface area contributed by atoms with Crippen molar-refractivity contribution in [2.24, 2.45) is 0 Å². The number of aliphatic hydroxyl groups excluding tert-OH is 2. The van der Waals surface area contributed by atoms with Gasteiger partial charge in [-0.15, -0.1) is 0 Å². The molecule has 4 N–H and O–H groups in total. The molecule has 0 saturated heterocycles. The maximum atomic E-state index is 12.5. The number of carbonyl (C=O) groups excluding carboxylic acids is 1. The van der Waals surface area contributed by atoms with Crippen molar-refractivity contribution in [1.29, 1.82) is 0 Å². The van der Waals surface area contributed by atoms with Gasteiger partial charge in [0.15, 0.2) is 0 Å². The van der Waals surface area contributed by atoms with E-state index < -0.39 is 40.0 Å². The van der Waals surface area contributed by atoms with E-state index in [1.165, 1.54) is 102 Å². The third kappa shape index (κ3) is 27.6. The molecule has 0 rings (SSSR count). The second-order valence-corrected chi connectivity index (χ2v) is 13.4. The number of aliphatic hydroxyl groups is 2. The van der Waals surface area contributed by atoms with Crippen molar-refractivity contribution in [2.45, 2.75) is 180 Å². The van der Waals surface area contributed by atoms with E-state index in [-0.39, 0.29) is 6.42 Å². The van der Waals surface area contributed by atoms with Gasteiger partial charge >= 0.3 is 0 Å². The molecule has 0 aliphatic carbocycles. The summed E-state index contributed by atoms with van der Waals surface area (Å²) in [5, 5.41) is 23.2. The van der Waals surface area contributed by atoms with Crippen LogP contribution in [0, 0.1) is 0 Å². The minimum Gasteiger partial charge on any atom is -0.387 e. The SMILES string of the molecule is CCCCCCCCCCC/C=C/CC/C=C/C(O)C(CS(=O)(=O)O)NC(=O)C(O)CCCCCCCCCCCC. The van der Waals surface area contributed by atoms with Crippen LogP contribution in [0.25, 0.3) is 0 Å². The molecule has 42 heavy (non-hydrogen) atoms. The number of amides is 1. The zero-order valence-electron chi connectivity index (χ0n) is 27.0. The van der Waals surface area contributed by atoms with Crippen LogP contribution < -0.4 is 5.32 Å². The molecule has 8 heteroatoms. The number of unbranched alkanes of at least 4 members (excludes halogenated alkanes) is 19. The van der Waals surface area contributed by atoms with Crippen LogP contribution in [0.2, 0.25) is 0 Å². The van der Waals surface area contributed by atoms with E-state index in [1.807, 2.05) is 0 Å². The Balaban J connectivity index is 4.23. The molecule has 0 aromatic rings. The molecule has 0 aliphatic rings. The van der Waals surface area contributed by atoms with Crippen LogP contribution in [-0.2, 0) is 14.9 Å². The Bertz CT molecular complexity index is 783. The van der Waals surface area contributed by atoms with E-state index >= 15 is 0 Å². The summed E-state index contributed by atoms with van der Waals surface area (Å²) < 4.78 is 32.3. The molecule has 3 atom stereocenters. The van der Waals surface area contributed by atoms with Crippen LogP contribution in [-0.4, -0.2) is 53.1 Å². The summed E-state index contributed by atoms with van der Waals surface area (Å²) in [6.07, 6.45) is 31.0. The van der Waals surface area contributed by atoms with Gasteiger partial charge in [-0.2, -0.15) is 8.42 Å². The standard InChI is InChI=1S/C34H65NO6S/c1-3-5-7-9-11-13-15-16-17-18-19-21-22-24-26-28-32(36)31(30-42(39,40)41)35-34(38)33(37)29-27-25-23-20-14-12-10-8-6-4-2/h19,21,26,28,31-33,36-37H,3-18,20,22-25,27,29-30H2,1-2H3,(H,35,38)(H,39,40,41)/b21-19+,28-26+. The summed E-state index contributed by atoms with van der Waals surface area (Å²) in [4.78, 5) is 12.5. The van der Waals surface area contributed by atoms with Crippen LogP contribution in [0.4, 0.5) is 0 Å². The lowest BCUT2D eigenvalue weighted by atomic mass is 10.0. The van der Waals surface area contributed by atoms with Crippen molar-refractivity contribution < 1.29 is 28.0 Å². The van der Waals surface area contributed by atoms with Gasteiger partial charge in [0.1, 0.15) is 6.10 Å². The number of allylic oxidation sites excluding steroid dienone is 3. The van der Waals surface area contributed by atoms with Crippen molar-refractivity contribution in [2.75, 3.05) is 5.75 Å². The third-order valence-electron chi connectivity index (χ3n) is 7.74.